The molecular formula is C17H25ClN4O2. The van der Waals surface area contributed by atoms with Gasteiger partial charge >= 0.3 is 0 Å². The number of nitrogens with zero attached hydrogens (tertiary/aromatic N) is 1. The SMILES string of the molecule is Cl.NC(=O)c1ccc(N2CCCC2)c(NC(=O)C2CCC(N)C2)c1. The lowest BCUT2D eigenvalue weighted by Crippen LogP contribution is -2.26. The van der Waals surface area contributed by atoms with Gasteiger partial charge in [0.05, 0.1) is 11.4 Å². The zero-order chi connectivity index (χ0) is 16.4. The van der Waals surface area contributed by atoms with Gasteiger partial charge in [-0.15, -0.1) is 12.4 Å². The molecule has 1 heterocycles. The van der Waals surface area contributed by atoms with Crippen molar-refractivity contribution >= 4 is 35.6 Å². The van der Waals surface area contributed by atoms with E-state index in [4.69, 9.17) is 11.5 Å². The van der Waals surface area contributed by atoms with Gasteiger partial charge in [-0.3, -0.25) is 9.59 Å². The number of nitrogens with two attached hydrogens (primary N) is 2. The molecule has 6 nitrogen and oxygen atoms in total. The van der Waals surface area contributed by atoms with Gasteiger partial charge in [0.15, 0.2) is 0 Å². The van der Waals surface area contributed by atoms with Gasteiger partial charge in [-0.25, -0.2) is 0 Å². The molecule has 1 saturated heterocycles. The van der Waals surface area contributed by atoms with Crippen molar-refractivity contribution in [3.05, 3.63) is 23.8 Å². The molecule has 1 aromatic rings. The Morgan fingerprint density at radius 1 is 1.17 bits per heavy atom. The Kier molecular flexibility index (Phi) is 6.07. The van der Waals surface area contributed by atoms with E-state index in [0.717, 1.165) is 50.9 Å². The average molecular weight is 353 g/mol. The van der Waals surface area contributed by atoms with Gasteiger partial charge in [-0.1, -0.05) is 0 Å². The third kappa shape index (κ3) is 3.99. The largest absolute Gasteiger partial charge is 0.370 e. The summed E-state index contributed by atoms with van der Waals surface area (Å²) in [5.41, 5.74) is 13.3. The van der Waals surface area contributed by atoms with Crippen LogP contribution in [0.5, 0.6) is 0 Å². The van der Waals surface area contributed by atoms with Crippen LogP contribution in [0.25, 0.3) is 0 Å². The molecule has 3 rings (SSSR count). The number of anilines is 2. The average Bonchev–Trinajstić information content (AvgIpc) is 3.18. The molecule has 7 heteroatoms. The number of halogens is 1. The lowest BCUT2D eigenvalue weighted by atomic mass is 10.1. The highest BCUT2D eigenvalue weighted by Gasteiger charge is 2.28. The Bertz CT molecular complexity index is 617. The zero-order valence-corrected chi connectivity index (χ0v) is 14.5. The Hall–Kier alpha value is -1.79. The van der Waals surface area contributed by atoms with E-state index >= 15 is 0 Å². The molecule has 0 radical (unpaired) electrons. The molecule has 132 valence electrons. The number of hydrogen-bond acceptors (Lipinski definition) is 4. The smallest absolute Gasteiger partial charge is 0.248 e. The zero-order valence-electron chi connectivity index (χ0n) is 13.7. The number of amides is 2. The topological polar surface area (TPSA) is 101 Å². The highest BCUT2D eigenvalue weighted by Crippen LogP contribution is 2.32. The molecule has 1 saturated carbocycles. The van der Waals surface area contributed by atoms with E-state index in [1.807, 2.05) is 6.07 Å². The van der Waals surface area contributed by atoms with Crippen LogP contribution in [0.2, 0.25) is 0 Å². The van der Waals surface area contributed by atoms with Gasteiger partial charge in [0, 0.05) is 30.6 Å². The van der Waals surface area contributed by atoms with Crippen molar-refractivity contribution in [2.24, 2.45) is 17.4 Å². The lowest BCUT2D eigenvalue weighted by Gasteiger charge is -2.23. The van der Waals surface area contributed by atoms with Crippen LogP contribution in [0.15, 0.2) is 18.2 Å². The van der Waals surface area contributed by atoms with E-state index in [1.54, 1.807) is 12.1 Å². The molecule has 5 N–H and O–H groups in total. The van der Waals surface area contributed by atoms with Gasteiger partial charge in [0.25, 0.3) is 0 Å². The molecule has 2 aliphatic rings. The maximum absolute atomic E-state index is 12.5. The molecule has 2 unspecified atom stereocenters. The molecule has 0 bridgehead atoms. The number of carbonyl (C=O) groups excluding carboxylic acids is 2. The van der Waals surface area contributed by atoms with Crippen LogP contribution in [-0.4, -0.2) is 30.9 Å². The van der Waals surface area contributed by atoms with Crippen LogP contribution >= 0.6 is 12.4 Å². The van der Waals surface area contributed by atoms with E-state index in [-0.39, 0.29) is 30.3 Å². The van der Waals surface area contributed by atoms with E-state index in [2.05, 4.69) is 10.2 Å². The summed E-state index contributed by atoms with van der Waals surface area (Å²) in [6, 6.07) is 5.39. The van der Waals surface area contributed by atoms with Crippen LogP contribution in [0, 0.1) is 5.92 Å². The summed E-state index contributed by atoms with van der Waals surface area (Å²) >= 11 is 0. The predicted molar refractivity (Wildman–Crippen MR) is 97.6 cm³/mol. The number of benzene rings is 1. The maximum atomic E-state index is 12.5. The maximum Gasteiger partial charge on any atom is 0.248 e. The minimum Gasteiger partial charge on any atom is -0.370 e. The number of nitrogens with one attached hydrogen (secondary N) is 1. The normalized spacial score (nSPS) is 23.0. The molecule has 2 amide bonds. The van der Waals surface area contributed by atoms with Crippen molar-refractivity contribution in [2.75, 3.05) is 23.3 Å². The minimum absolute atomic E-state index is 0. The molecule has 1 aliphatic carbocycles. The van der Waals surface area contributed by atoms with Crippen LogP contribution in [0.3, 0.4) is 0 Å². The van der Waals surface area contributed by atoms with Gasteiger partial charge in [0.2, 0.25) is 11.8 Å². The molecule has 2 fully saturated rings. The summed E-state index contributed by atoms with van der Waals surface area (Å²) in [5.74, 6) is -0.551. The van der Waals surface area contributed by atoms with Crippen LogP contribution in [0.4, 0.5) is 11.4 Å². The predicted octanol–water partition coefficient (Wildman–Crippen LogP) is 1.87. The third-order valence-electron chi connectivity index (χ3n) is 4.83. The van der Waals surface area contributed by atoms with Crippen molar-refractivity contribution in [3.63, 3.8) is 0 Å². The van der Waals surface area contributed by atoms with Crippen molar-refractivity contribution < 1.29 is 9.59 Å². The Morgan fingerprint density at radius 2 is 1.88 bits per heavy atom. The highest BCUT2D eigenvalue weighted by molar-refractivity contribution is 6.00. The first-order valence-electron chi connectivity index (χ1n) is 8.30. The first-order chi connectivity index (χ1) is 11.0. The highest BCUT2D eigenvalue weighted by atomic mass is 35.5. The van der Waals surface area contributed by atoms with E-state index in [9.17, 15) is 9.59 Å². The fraction of sp³-hybridized carbons (Fsp3) is 0.529. The molecule has 0 aromatic heterocycles. The standard InChI is InChI=1S/C17H24N4O2.ClH/c18-13-5-3-12(9-13)17(23)20-14-10-11(16(19)22)4-6-15(14)21-7-1-2-8-21;/h4,6,10,12-13H,1-3,5,7-9,18H2,(H2,19,22)(H,20,23);1H. The number of hydrogen-bond donors (Lipinski definition) is 3. The Morgan fingerprint density at radius 3 is 2.46 bits per heavy atom. The van der Waals surface area contributed by atoms with E-state index < -0.39 is 5.91 Å². The van der Waals surface area contributed by atoms with E-state index in [1.165, 1.54) is 0 Å². The second-order valence-electron chi connectivity index (χ2n) is 6.55. The fourth-order valence-electron chi connectivity index (χ4n) is 3.51. The van der Waals surface area contributed by atoms with Gasteiger partial charge < -0.3 is 21.7 Å². The summed E-state index contributed by atoms with van der Waals surface area (Å²) in [6.45, 7) is 1.93. The first kappa shape index (κ1) is 18.5. The van der Waals surface area contributed by atoms with Crippen LogP contribution in [0.1, 0.15) is 42.5 Å². The fourth-order valence-corrected chi connectivity index (χ4v) is 3.51. The van der Waals surface area contributed by atoms with Crippen molar-refractivity contribution in [2.45, 2.75) is 38.1 Å². The molecule has 0 spiro atoms. The van der Waals surface area contributed by atoms with Crippen LogP contribution < -0.4 is 21.7 Å². The third-order valence-corrected chi connectivity index (χ3v) is 4.83. The van der Waals surface area contributed by atoms with Gasteiger partial charge in [-0.05, 0) is 50.3 Å². The van der Waals surface area contributed by atoms with Crippen molar-refractivity contribution in [1.29, 1.82) is 0 Å². The molecule has 24 heavy (non-hydrogen) atoms. The summed E-state index contributed by atoms with van der Waals surface area (Å²) in [6.07, 6.45) is 4.71. The lowest BCUT2D eigenvalue weighted by molar-refractivity contribution is -0.119. The number of rotatable bonds is 4. The monoisotopic (exact) mass is 352 g/mol. The molecular weight excluding hydrogens is 328 g/mol. The summed E-state index contributed by atoms with van der Waals surface area (Å²) in [5, 5.41) is 3.00. The van der Waals surface area contributed by atoms with Crippen molar-refractivity contribution in [3.8, 4) is 0 Å². The van der Waals surface area contributed by atoms with E-state index in [0.29, 0.717) is 11.3 Å². The van der Waals surface area contributed by atoms with Crippen LogP contribution in [-0.2, 0) is 4.79 Å². The number of carbonyl (C=O) groups is 2. The first-order valence-corrected chi connectivity index (χ1v) is 8.30. The summed E-state index contributed by atoms with van der Waals surface area (Å²) < 4.78 is 0. The quantitative estimate of drug-likeness (QED) is 0.769. The second kappa shape index (κ2) is 7.85. The molecule has 1 aromatic carbocycles. The van der Waals surface area contributed by atoms with Gasteiger partial charge in [-0.2, -0.15) is 0 Å². The molecule has 2 atom stereocenters. The number of primary amides is 1. The Labute approximate surface area is 148 Å². The minimum atomic E-state index is -0.489. The Balaban J connectivity index is 0.00000208. The summed E-state index contributed by atoms with van der Waals surface area (Å²) in [7, 11) is 0. The summed E-state index contributed by atoms with van der Waals surface area (Å²) in [4.78, 5) is 26.2. The van der Waals surface area contributed by atoms with Gasteiger partial charge in [0.1, 0.15) is 0 Å². The molecule has 1 aliphatic heterocycles. The second-order valence-corrected chi connectivity index (χ2v) is 6.55. The van der Waals surface area contributed by atoms with Crippen molar-refractivity contribution in [1.82, 2.24) is 0 Å².